The lowest BCUT2D eigenvalue weighted by Crippen LogP contribution is -2.25. The third-order valence-electron chi connectivity index (χ3n) is 1.53. The Hall–Kier alpha value is -0.0800. The highest BCUT2D eigenvalue weighted by Crippen LogP contribution is 2.03. The number of nitrogens with one attached hydrogen (secondary N) is 1. The van der Waals surface area contributed by atoms with E-state index in [0.29, 0.717) is 6.04 Å². The second-order valence-corrected chi connectivity index (χ2v) is 2.25. The molecule has 1 rings (SSSR count). The van der Waals surface area contributed by atoms with Crippen LogP contribution < -0.4 is 5.32 Å². The molecule has 1 N–H and O–H groups in total. The molecule has 1 saturated heterocycles. The molecule has 0 amide bonds. The zero-order valence-corrected chi connectivity index (χ0v) is 9.31. The highest BCUT2D eigenvalue weighted by atomic mass is 16.5. The molecule has 1 heterocycles. The van der Waals surface area contributed by atoms with Crippen molar-refractivity contribution in [3.05, 3.63) is 0 Å². The van der Waals surface area contributed by atoms with Crippen molar-refractivity contribution in [2.24, 2.45) is 0 Å². The standard InChI is InChI=1S/C6H13NO.2C2H6/c1-8-5-6-3-2-4-7-6;2*1-2/h6-7H,2-5H2,1H3;2*1-2H3. The van der Waals surface area contributed by atoms with Crippen molar-refractivity contribution >= 4 is 0 Å². The van der Waals surface area contributed by atoms with Gasteiger partial charge in [0.2, 0.25) is 0 Å². The number of rotatable bonds is 2. The first-order chi connectivity index (χ1) is 5.93. The Morgan fingerprint density at radius 3 is 2.17 bits per heavy atom. The molecule has 0 aromatic heterocycles. The zero-order chi connectivity index (χ0) is 9.82. The zero-order valence-electron chi connectivity index (χ0n) is 9.31. The molecule has 0 radical (unpaired) electrons. The molecule has 12 heavy (non-hydrogen) atoms. The molecule has 1 aliphatic heterocycles. The van der Waals surface area contributed by atoms with Gasteiger partial charge in [-0.3, -0.25) is 0 Å². The van der Waals surface area contributed by atoms with Gasteiger partial charge in [-0.15, -0.1) is 0 Å². The first-order valence-corrected chi connectivity index (χ1v) is 5.16. The second-order valence-electron chi connectivity index (χ2n) is 2.25. The normalized spacial score (nSPS) is 20.2. The van der Waals surface area contributed by atoms with E-state index in [9.17, 15) is 0 Å². The highest BCUT2D eigenvalue weighted by molar-refractivity contribution is 4.72. The van der Waals surface area contributed by atoms with Crippen LogP contribution in [0.15, 0.2) is 0 Å². The first-order valence-electron chi connectivity index (χ1n) is 5.16. The number of hydrogen-bond acceptors (Lipinski definition) is 2. The average molecular weight is 175 g/mol. The molecule has 2 nitrogen and oxygen atoms in total. The fourth-order valence-corrected chi connectivity index (χ4v) is 1.10. The molecule has 2 heteroatoms. The topological polar surface area (TPSA) is 21.3 Å². The van der Waals surface area contributed by atoms with Gasteiger partial charge in [0.15, 0.2) is 0 Å². The lowest BCUT2D eigenvalue weighted by Gasteiger charge is -2.05. The van der Waals surface area contributed by atoms with Crippen molar-refractivity contribution in [1.29, 1.82) is 0 Å². The maximum atomic E-state index is 4.96. The third kappa shape index (κ3) is 8.02. The summed E-state index contributed by atoms with van der Waals surface area (Å²) >= 11 is 0. The first kappa shape index (κ1) is 14.4. The number of hydrogen-bond donors (Lipinski definition) is 1. The summed E-state index contributed by atoms with van der Waals surface area (Å²) in [7, 11) is 1.75. The van der Waals surface area contributed by atoms with E-state index in [1.54, 1.807) is 7.11 Å². The van der Waals surface area contributed by atoms with E-state index in [2.05, 4.69) is 5.32 Å². The summed E-state index contributed by atoms with van der Waals surface area (Å²) in [5.74, 6) is 0. The lowest BCUT2D eigenvalue weighted by molar-refractivity contribution is 0.173. The van der Waals surface area contributed by atoms with E-state index in [1.165, 1.54) is 19.4 Å². The fraction of sp³-hybridized carbons (Fsp3) is 1.00. The van der Waals surface area contributed by atoms with Crippen LogP contribution in [-0.2, 0) is 4.74 Å². The van der Waals surface area contributed by atoms with Crippen molar-refractivity contribution in [1.82, 2.24) is 5.32 Å². The van der Waals surface area contributed by atoms with Crippen LogP contribution in [0.3, 0.4) is 0 Å². The molecule has 0 aromatic rings. The van der Waals surface area contributed by atoms with Gasteiger partial charge in [0.25, 0.3) is 0 Å². The number of methoxy groups -OCH3 is 1. The molecule has 0 saturated carbocycles. The maximum absolute atomic E-state index is 4.96. The van der Waals surface area contributed by atoms with E-state index < -0.39 is 0 Å². The van der Waals surface area contributed by atoms with Gasteiger partial charge < -0.3 is 10.1 Å². The Morgan fingerprint density at radius 1 is 1.25 bits per heavy atom. The van der Waals surface area contributed by atoms with E-state index >= 15 is 0 Å². The molecular formula is C10H25NO. The van der Waals surface area contributed by atoms with Gasteiger partial charge in [-0.05, 0) is 19.4 Å². The monoisotopic (exact) mass is 175 g/mol. The molecule has 0 spiro atoms. The van der Waals surface area contributed by atoms with Gasteiger partial charge >= 0.3 is 0 Å². The SMILES string of the molecule is CC.CC.COCC1CCCN1. The van der Waals surface area contributed by atoms with Gasteiger partial charge in [0.05, 0.1) is 6.61 Å². The molecule has 76 valence electrons. The van der Waals surface area contributed by atoms with Crippen LogP contribution in [0.4, 0.5) is 0 Å². The number of ether oxygens (including phenoxy) is 1. The highest BCUT2D eigenvalue weighted by Gasteiger charge is 2.11. The largest absolute Gasteiger partial charge is 0.383 e. The van der Waals surface area contributed by atoms with Crippen molar-refractivity contribution in [3.63, 3.8) is 0 Å². The quantitative estimate of drug-likeness (QED) is 0.696. The Morgan fingerprint density at radius 2 is 1.83 bits per heavy atom. The van der Waals surface area contributed by atoms with Crippen LogP contribution >= 0.6 is 0 Å². The Bertz CT molecular complexity index is 60.9. The van der Waals surface area contributed by atoms with Crippen LogP contribution in [0.2, 0.25) is 0 Å². The van der Waals surface area contributed by atoms with Crippen molar-refractivity contribution in [2.45, 2.75) is 46.6 Å². The van der Waals surface area contributed by atoms with Gasteiger partial charge in [-0.2, -0.15) is 0 Å². The predicted octanol–water partition coefficient (Wildman–Crippen LogP) is 2.44. The molecule has 0 bridgehead atoms. The molecule has 0 aromatic carbocycles. The van der Waals surface area contributed by atoms with Crippen molar-refractivity contribution in [2.75, 3.05) is 20.3 Å². The van der Waals surface area contributed by atoms with Gasteiger partial charge in [-0.1, -0.05) is 27.7 Å². The van der Waals surface area contributed by atoms with E-state index in [-0.39, 0.29) is 0 Å². The van der Waals surface area contributed by atoms with E-state index in [0.717, 1.165) is 6.61 Å². The molecule has 0 aliphatic carbocycles. The van der Waals surface area contributed by atoms with Crippen LogP contribution in [0.25, 0.3) is 0 Å². The lowest BCUT2D eigenvalue weighted by atomic mass is 10.2. The Labute approximate surface area is 77.7 Å². The van der Waals surface area contributed by atoms with Crippen molar-refractivity contribution < 1.29 is 4.74 Å². The van der Waals surface area contributed by atoms with Crippen LogP contribution in [0.1, 0.15) is 40.5 Å². The minimum atomic E-state index is 0.639. The third-order valence-corrected chi connectivity index (χ3v) is 1.53. The predicted molar refractivity (Wildman–Crippen MR) is 55.6 cm³/mol. The summed E-state index contributed by atoms with van der Waals surface area (Å²) in [6.45, 7) is 10.0. The summed E-state index contributed by atoms with van der Waals surface area (Å²) in [5.41, 5.74) is 0. The second kappa shape index (κ2) is 13.5. The average Bonchev–Trinajstić information content (AvgIpc) is 2.65. The Kier molecular flexibility index (Phi) is 16.3. The molecule has 1 atom stereocenters. The van der Waals surface area contributed by atoms with Crippen LogP contribution in [-0.4, -0.2) is 26.3 Å². The summed E-state index contributed by atoms with van der Waals surface area (Å²) in [6.07, 6.45) is 2.60. The molecular weight excluding hydrogens is 150 g/mol. The summed E-state index contributed by atoms with van der Waals surface area (Å²) in [6, 6.07) is 0.639. The van der Waals surface area contributed by atoms with Gasteiger partial charge in [0, 0.05) is 13.2 Å². The molecule has 1 fully saturated rings. The minimum Gasteiger partial charge on any atom is -0.383 e. The van der Waals surface area contributed by atoms with E-state index in [4.69, 9.17) is 4.74 Å². The molecule has 1 aliphatic rings. The fourth-order valence-electron chi connectivity index (χ4n) is 1.10. The van der Waals surface area contributed by atoms with Crippen molar-refractivity contribution in [3.8, 4) is 0 Å². The maximum Gasteiger partial charge on any atom is 0.0615 e. The van der Waals surface area contributed by atoms with Gasteiger partial charge in [0.1, 0.15) is 0 Å². The smallest absolute Gasteiger partial charge is 0.0615 e. The summed E-state index contributed by atoms with van der Waals surface area (Å²) in [4.78, 5) is 0. The van der Waals surface area contributed by atoms with E-state index in [1.807, 2.05) is 27.7 Å². The molecule has 1 unspecified atom stereocenters. The van der Waals surface area contributed by atoms with Crippen LogP contribution in [0, 0.1) is 0 Å². The van der Waals surface area contributed by atoms with Crippen LogP contribution in [0.5, 0.6) is 0 Å². The summed E-state index contributed by atoms with van der Waals surface area (Å²) < 4.78 is 4.96. The van der Waals surface area contributed by atoms with Gasteiger partial charge in [-0.25, -0.2) is 0 Å². The summed E-state index contributed by atoms with van der Waals surface area (Å²) in [5, 5.41) is 3.33. The minimum absolute atomic E-state index is 0.639. The Balaban J connectivity index is 0.